The second-order valence-electron chi connectivity index (χ2n) is 20.3. The molecule has 6 aliphatic carbocycles. The van der Waals surface area contributed by atoms with Gasteiger partial charge < -0.3 is 15.3 Å². The summed E-state index contributed by atoms with van der Waals surface area (Å²) in [6.07, 6.45) is 17.8. The van der Waals surface area contributed by atoms with E-state index in [2.05, 4.69) is 84.9 Å². The first-order chi connectivity index (χ1) is 22.9. The Hall–Kier alpha value is -1.04. The van der Waals surface area contributed by atoms with Gasteiger partial charge in [-0.25, -0.2) is 4.39 Å². The van der Waals surface area contributed by atoms with Crippen LogP contribution in [0.1, 0.15) is 132 Å². The molecule has 1 unspecified atom stereocenters. The van der Waals surface area contributed by atoms with Gasteiger partial charge in [-0.15, -0.1) is 0 Å². The zero-order chi connectivity index (χ0) is 35.8. The van der Waals surface area contributed by atoms with Crippen molar-refractivity contribution in [3.8, 4) is 0 Å². The Morgan fingerprint density at radius 2 is 1.67 bits per heavy atom. The van der Waals surface area contributed by atoms with E-state index in [4.69, 9.17) is 0 Å². The molecule has 0 bridgehead atoms. The molecule has 4 fully saturated rings. The predicted octanol–water partition coefficient (Wildman–Crippen LogP) is 9.43. The number of Topliss-reactive ketones (excluding diaryl/α,β-unsaturated/α-hetero) is 1. The topological polar surface area (TPSA) is 52.6 Å². The fraction of sp³-hybridized carbons (Fsp3) is 0.886. The van der Waals surface area contributed by atoms with Gasteiger partial charge in [0, 0.05) is 25.0 Å². The fourth-order valence-electron chi connectivity index (χ4n) is 14.6. The quantitative estimate of drug-likeness (QED) is 0.226. The number of hydrogen-bond donors (Lipinski definition) is 2. The number of allylic oxidation sites excluding steroid dienone is 4. The monoisotopic (exact) mass is 681 g/mol. The van der Waals surface area contributed by atoms with Crippen LogP contribution in [-0.4, -0.2) is 62.3 Å². The van der Waals surface area contributed by atoms with Crippen molar-refractivity contribution in [1.29, 1.82) is 0 Å². The number of carbonyl (C=O) groups is 1. The Morgan fingerprint density at radius 3 is 2.29 bits per heavy atom. The molecule has 0 aromatic rings. The number of carbonyl (C=O) groups excluding carboxylic acids is 1. The highest BCUT2D eigenvalue weighted by Crippen LogP contribution is 2.78. The van der Waals surface area contributed by atoms with Crippen molar-refractivity contribution >= 4 is 5.78 Å². The number of halogens is 1. The lowest BCUT2D eigenvalue weighted by molar-refractivity contribution is -0.238. The number of nitrogens with one attached hydrogen (secondary N) is 1. The summed E-state index contributed by atoms with van der Waals surface area (Å²) < 4.78 is 14.1. The molecule has 4 saturated carbocycles. The molecule has 0 radical (unpaired) electrons. The van der Waals surface area contributed by atoms with Gasteiger partial charge >= 0.3 is 0 Å². The molecule has 6 rings (SSSR count). The third-order valence-electron chi connectivity index (χ3n) is 17.7. The summed E-state index contributed by atoms with van der Waals surface area (Å²) in [7, 11) is 4.24. The van der Waals surface area contributed by atoms with E-state index in [0.717, 1.165) is 32.5 Å². The standard InChI is InChI=1S/C44H73FN2O2/c1-29(2)32-15-22-44(37(49)27-46-25-26-47(9)10)24-23-41(7)34(38(32)44)11-12-36-40(6)18-16-33(39(4,5)35(40)17-19-42(36,41)8)31-13-20-43(28-45,21-14-31)30(3)48/h13,16,29,32,34-38,46,49H,11-12,14-15,17-28H2,1-10H3/t32-,34+,35-,36+,37?,38+,40-,41+,42+,43-,44+/m0/s1. The van der Waals surface area contributed by atoms with Crippen LogP contribution < -0.4 is 5.32 Å². The largest absolute Gasteiger partial charge is 0.391 e. The molecule has 5 heteroatoms. The highest BCUT2D eigenvalue weighted by atomic mass is 19.1. The van der Waals surface area contributed by atoms with Crippen molar-refractivity contribution in [1.82, 2.24) is 10.2 Å². The zero-order valence-electron chi connectivity index (χ0n) is 33.2. The van der Waals surface area contributed by atoms with Crippen LogP contribution in [0.15, 0.2) is 23.3 Å². The number of ketones is 1. The molecule has 0 aliphatic heterocycles. The van der Waals surface area contributed by atoms with E-state index in [1.54, 1.807) is 6.92 Å². The number of likely N-dealkylation sites (N-methyl/N-ethyl adjacent to an activating group) is 1. The minimum Gasteiger partial charge on any atom is -0.391 e. The summed E-state index contributed by atoms with van der Waals surface area (Å²) >= 11 is 0. The number of nitrogens with zero attached hydrogens (tertiary/aromatic N) is 1. The van der Waals surface area contributed by atoms with Crippen molar-refractivity contribution in [2.75, 3.05) is 40.4 Å². The first kappa shape index (κ1) is 37.7. The maximum Gasteiger partial charge on any atom is 0.138 e. The summed E-state index contributed by atoms with van der Waals surface area (Å²) in [6, 6.07) is 0. The number of aliphatic hydroxyl groups excluding tert-OH is 1. The average Bonchev–Trinajstić information content (AvgIpc) is 3.44. The number of alkyl halides is 1. The van der Waals surface area contributed by atoms with E-state index in [0.29, 0.717) is 53.8 Å². The van der Waals surface area contributed by atoms with Crippen LogP contribution in [0, 0.1) is 68.0 Å². The molecule has 49 heavy (non-hydrogen) atoms. The van der Waals surface area contributed by atoms with Gasteiger partial charge in [0.2, 0.25) is 0 Å². The van der Waals surface area contributed by atoms with Crippen LogP contribution in [0.4, 0.5) is 4.39 Å². The normalized spacial score (nSPS) is 45.1. The van der Waals surface area contributed by atoms with Gasteiger partial charge in [0.05, 0.1) is 11.5 Å². The number of rotatable bonds is 10. The lowest BCUT2D eigenvalue weighted by Gasteiger charge is -2.72. The van der Waals surface area contributed by atoms with Gasteiger partial charge in [0.15, 0.2) is 0 Å². The molecule has 0 saturated heterocycles. The Balaban J connectivity index is 1.28. The Morgan fingerprint density at radius 1 is 0.939 bits per heavy atom. The van der Waals surface area contributed by atoms with Crippen LogP contribution in [0.25, 0.3) is 0 Å². The summed E-state index contributed by atoms with van der Waals surface area (Å²) in [5, 5.41) is 15.8. The van der Waals surface area contributed by atoms with E-state index in [1.807, 2.05) is 0 Å². The second kappa shape index (κ2) is 13.1. The van der Waals surface area contributed by atoms with E-state index >= 15 is 0 Å². The first-order valence-electron chi connectivity index (χ1n) is 20.4. The highest BCUT2D eigenvalue weighted by molar-refractivity contribution is 5.83. The van der Waals surface area contributed by atoms with Crippen molar-refractivity contribution < 1.29 is 14.3 Å². The fourth-order valence-corrected chi connectivity index (χ4v) is 14.6. The highest BCUT2D eigenvalue weighted by Gasteiger charge is 2.71. The third kappa shape index (κ3) is 5.62. The summed E-state index contributed by atoms with van der Waals surface area (Å²) in [4.78, 5) is 14.6. The Bertz CT molecular complexity index is 1320. The van der Waals surface area contributed by atoms with E-state index < -0.39 is 12.1 Å². The maximum atomic E-state index is 14.1. The summed E-state index contributed by atoms with van der Waals surface area (Å²) in [6.45, 7) is 21.8. The molecule has 4 nitrogen and oxygen atoms in total. The number of fused-ring (bicyclic) bond motifs is 7. The maximum absolute atomic E-state index is 14.1. The van der Waals surface area contributed by atoms with Crippen molar-refractivity contribution in [3.05, 3.63) is 23.3 Å². The van der Waals surface area contributed by atoms with E-state index in [-0.39, 0.29) is 33.5 Å². The van der Waals surface area contributed by atoms with Crippen LogP contribution in [-0.2, 0) is 4.79 Å². The van der Waals surface area contributed by atoms with Gasteiger partial charge in [0.25, 0.3) is 0 Å². The molecular weight excluding hydrogens is 607 g/mol. The lowest BCUT2D eigenvalue weighted by Crippen LogP contribution is -2.66. The van der Waals surface area contributed by atoms with Gasteiger partial charge in [-0.3, -0.25) is 4.79 Å². The molecule has 11 atom stereocenters. The van der Waals surface area contributed by atoms with Crippen molar-refractivity contribution in [2.45, 2.75) is 139 Å². The SMILES string of the molecule is CC(=O)[C@@]1(CF)CC=C(C2=CC[C@]3(C)[C@H]4CC[C@@H]5[C@H]6[C@H](C(C)C)CC[C@]6(C(O)CNCCN(C)C)CC[C@@]5(C)[C@]4(C)CC[C@H]3C2(C)C)CC1. The predicted molar refractivity (Wildman–Crippen MR) is 201 cm³/mol. The van der Waals surface area contributed by atoms with Crippen LogP contribution in [0.5, 0.6) is 0 Å². The van der Waals surface area contributed by atoms with Crippen LogP contribution in [0.3, 0.4) is 0 Å². The molecule has 0 aromatic carbocycles. The summed E-state index contributed by atoms with van der Waals surface area (Å²) in [5.74, 6) is 3.97. The van der Waals surface area contributed by atoms with Crippen molar-refractivity contribution in [2.24, 2.45) is 68.0 Å². The van der Waals surface area contributed by atoms with Gasteiger partial charge in [0.1, 0.15) is 12.5 Å². The summed E-state index contributed by atoms with van der Waals surface area (Å²) in [5.41, 5.74) is 3.02. The molecule has 278 valence electrons. The first-order valence-corrected chi connectivity index (χ1v) is 20.4. The zero-order valence-corrected chi connectivity index (χ0v) is 33.2. The number of hydrogen-bond acceptors (Lipinski definition) is 4. The molecule has 2 N–H and O–H groups in total. The van der Waals surface area contributed by atoms with Gasteiger partial charge in [-0.05, 0) is 166 Å². The van der Waals surface area contributed by atoms with Gasteiger partial charge in [-0.2, -0.15) is 0 Å². The molecular formula is C44H73FN2O2. The molecule has 0 aromatic heterocycles. The molecule has 6 aliphatic rings. The molecule has 0 amide bonds. The smallest absolute Gasteiger partial charge is 0.138 e. The Kier molecular flexibility index (Phi) is 10.1. The van der Waals surface area contributed by atoms with E-state index in [9.17, 15) is 14.3 Å². The Labute approximate surface area is 299 Å². The van der Waals surface area contributed by atoms with Crippen LogP contribution in [0.2, 0.25) is 0 Å². The molecule has 0 spiro atoms. The number of aliphatic hydroxyl groups is 1. The van der Waals surface area contributed by atoms with Crippen LogP contribution >= 0.6 is 0 Å². The van der Waals surface area contributed by atoms with Crippen molar-refractivity contribution in [3.63, 3.8) is 0 Å². The third-order valence-corrected chi connectivity index (χ3v) is 17.7. The van der Waals surface area contributed by atoms with E-state index in [1.165, 1.54) is 62.5 Å². The lowest BCUT2D eigenvalue weighted by atomic mass is 9.32. The average molecular weight is 681 g/mol. The minimum absolute atomic E-state index is 0.00822. The second-order valence-corrected chi connectivity index (χ2v) is 20.3. The molecule has 0 heterocycles. The van der Waals surface area contributed by atoms with Gasteiger partial charge in [-0.1, -0.05) is 60.6 Å². The minimum atomic E-state index is -0.803.